The van der Waals surface area contributed by atoms with E-state index >= 15 is 0 Å². The lowest BCUT2D eigenvalue weighted by Crippen LogP contribution is -2.57. The molecule has 1 fully saturated rings. The number of hydrogen-bond donors (Lipinski definition) is 2. The van der Waals surface area contributed by atoms with E-state index < -0.39 is 0 Å². The summed E-state index contributed by atoms with van der Waals surface area (Å²) in [4.78, 5) is 25.4. The van der Waals surface area contributed by atoms with Crippen LogP contribution in [0.3, 0.4) is 0 Å². The first-order valence-electron chi connectivity index (χ1n) is 6.56. The van der Waals surface area contributed by atoms with Gasteiger partial charge in [0.1, 0.15) is 6.04 Å². The Hall–Kier alpha value is -1.18. The number of rotatable bonds is 7. The Bertz CT molecular complexity index is 299. The molecule has 1 aliphatic rings. The molecule has 0 saturated carbocycles. The van der Waals surface area contributed by atoms with Crippen molar-refractivity contribution in [2.24, 2.45) is 0 Å². The molecule has 2 N–H and O–H groups in total. The fraction of sp³-hybridized carbons (Fsp3) is 0.833. The second-order valence-corrected chi connectivity index (χ2v) is 4.29. The summed E-state index contributed by atoms with van der Waals surface area (Å²) in [5, 5.41) is 5.88. The average Bonchev–Trinajstić information content (AvgIpc) is 2.40. The van der Waals surface area contributed by atoms with Crippen molar-refractivity contribution in [3.63, 3.8) is 0 Å². The van der Waals surface area contributed by atoms with Crippen molar-refractivity contribution in [3.05, 3.63) is 0 Å². The van der Waals surface area contributed by atoms with Crippen LogP contribution in [0.1, 0.15) is 6.92 Å². The fourth-order valence-corrected chi connectivity index (χ4v) is 1.94. The van der Waals surface area contributed by atoms with E-state index in [9.17, 15) is 9.59 Å². The quantitative estimate of drug-likeness (QED) is 0.438. The highest BCUT2D eigenvalue weighted by Crippen LogP contribution is 2.05. The van der Waals surface area contributed by atoms with Gasteiger partial charge in [-0.2, -0.15) is 0 Å². The Morgan fingerprint density at radius 2 is 2.26 bits per heavy atom. The Labute approximate surface area is 113 Å². The molecule has 0 aromatic carbocycles. The zero-order valence-electron chi connectivity index (χ0n) is 11.6. The van der Waals surface area contributed by atoms with E-state index in [0.717, 1.165) is 6.54 Å². The summed E-state index contributed by atoms with van der Waals surface area (Å²) in [6.07, 6.45) is 0. The van der Waals surface area contributed by atoms with E-state index in [1.54, 1.807) is 14.0 Å². The van der Waals surface area contributed by atoms with Crippen molar-refractivity contribution in [1.82, 2.24) is 15.5 Å². The van der Waals surface area contributed by atoms with Crippen LogP contribution >= 0.6 is 0 Å². The third kappa shape index (κ3) is 5.54. The van der Waals surface area contributed by atoms with E-state index in [-0.39, 0.29) is 24.5 Å². The molecule has 0 bridgehead atoms. The van der Waals surface area contributed by atoms with Gasteiger partial charge in [-0.1, -0.05) is 0 Å². The topological polar surface area (TPSA) is 79.9 Å². The highest BCUT2D eigenvalue weighted by molar-refractivity contribution is 5.80. The van der Waals surface area contributed by atoms with Crippen LogP contribution in [0.15, 0.2) is 0 Å². The maximum atomic E-state index is 11.8. The number of carbonyl (C=O) groups excluding carboxylic acids is 2. The molecule has 1 amide bonds. The molecule has 1 heterocycles. The Balaban J connectivity index is 2.43. The van der Waals surface area contributed by atoms with Gasteiger partial charge in [-0.3, -0.25) is 14.5 Å². The first kappa shape index (κ1) is 15.9. The number of methoxy groups -OCH3 is 1. The number of hydrogen-bond acceptors (Lipinski definition) is 6. The van der Waals surface area contributed by atoms with Crippen LogP contribution < -0.4 is 10.6 Å². The van der Waals surface area contributed by atoms with Crippen LogP contribution in [0.4, 0.5) is 0 Å². The fourth-order valence-electron chi connectivity index (χ4n) is 1.94. The summed E-state index contributed by atoms with van der Waals surface area (Å²) < 4.78 is 9.88. The molecular formula is C12H23N3O4. The number of piperazine rings is 1. The first-order chi connectivity index (χ1) is 9.19. The van der Waals surface area contributed by atoms with Crippen LogP contribution in [0.25, 0.3) is 0 Å². The number of amides is 1. The van der Waals surface area contributed by atoms with Crippen molar-refractivity contribution in [2.75, 3.05) is 53.0 Å². The average molecular weight is 273 g/mol. The summed E-state index contributed by atoms with van der Waals surface area (Å²) >= 11 is 0. The van der Waals surface area contributed by atoms with Crippen LogP contribution in [-0.4, -0.2) is 75.9 Å². The summed E-state index contributed by atoms with van der Waals surface area (Å²) in [5.41, 5.74) is 0. The molecular weight excluding hydrogens is 250 g/mol. The highest BCUT2D eigenvalue weighted by Gasteiger charge is 2.30. The largest absolute Gasteiger partial charge is 0.465 e. The minimum absolute atomic E-state index is 0.103. The maximum absolute atomic E-state index is 11.8. The molecule has 7 heteroatoms. The highest BCUT2D eigenvalue weighted by atomic mass is 16.5. The van der Waals surface area contributed by atoms with E-state index in [0.29, 0.717) is 32.8 Å². The van der Waals surface area contributed by atoms with E-state index in [1.165, 1.54) is 0 Å². The van der Waals surface area contributed by atoms with Crippen molar-refractivity contribution >= 4 is 11.9 Å². The van der Waals surface area contributed by atoms with Gasteiger partial charge in [0.2, 0.25) is 5.91 Å². The van der Waals surface area contributed by atoms with Crippen molar-refractivity contribution in [1.29, 1.82) is 0 Å². The molecule has 0 aliphatic carbocycles. The monoisotopic (exact) mass is 273 g/mol. The number of nitrogens with one attached hydrogen (secondary N) is 2. The first-order valence-corrected chi connectivity index (χ1v) is 6.56. The molecule has 0 aromatic rings. The van der Waals surface area contributed by atoms with Gasteiger partial charge in [-0.15, -0.1) is 0 Å². The number of carbonyl (C=O) groups is 2. The van der Waals surface area contributed by atoms with Gasteiger partial charge < -0.3 is 20.1 Å². The summed E-state index contributed by atoms with van der Waals surface area (Å²) in [6.45, 7) is 5.22. The van der Waals surface area contributed by atoms with Gasteiger partial charge in [0.05, 0.1) is 19.8 Å². The molecule has 0 aromatic heterocycles. The van der Waals surface area contributed by atoms with E-state index in [1.807, 2.05) is 4.90 Å². The molecule has 110 valence electrons. The molecule has 1 saturated heterocycles. The Morgan fingerprint density at radius 1 is 1.47 bits per heavy atom. The summed E-state index contributed by atoms with van der Waals surface area (Å²) in [5.74, 6) is -0.382. The van der Waals surface area contributed by atoms with E-state index in [4.69, 9.17) is 9.47 Å². The van der Waals surface area contributed by atoms with Gasteiger partial charge in [-0.05, 0) is 6.92 Å². The second-order valence-electron chi connectivity index (χ2n) is 4.29. The van der Waals surface area contributed by atoms with Crippen LogP contribution in [0, 0.1) is 0 Å². The number of nitrogens with zero attached hydrogens (tertiary/aromatic N) is 1. The van der Waals surface area contributed by atoms with Crippen LogP contribution in [0.2, 0.25) is 0 Å². The standard InChI is InChI=1S/C12H23N3O4/c1-3-19-12(17)10-8-13-4-6-15(10)9-11(16)14-5-7-18-2/h10,13H,3-9H2,1-2H3,(H,14,16). The predicted octanol–water partition coefficient (Wildman–Crippen LogP) is -1.41. The zero-order valence-corrected chi connectivity index (χ0v) is 11.6. The smallest absolute Gasteiger partial charge is 0.324 e. The van der Waals surface area contributed by atoms with Crippen molar-refractivity contribution in [2.45, 2.75) is 13.0 Å². The normalized spacial score (nSPS) is 20.0. The molecule has 0 spiro atoms. The van der Waals surface area contributed by atoms with Crippen molar-refractivity contribution in [3.8, 4) is 0 Å². The van der Waals surface area contributed by atoms with Crippen molar-refractivity contribution < 1.29 is 19.1 Å². The van der Waals surface area contributed by atoms with Gasteiger partial charge >= 0.3 is 5.97 Å². The van der Waals surface area contributed by atoms with Gasteiger partial charge in [0, 0.05) is 33.3 Å². The lowest BCUT2D eigenvalue weighted by atomic mass is 10.2. The van der Waals surface area contributed by atoms with Crippen LogP contribution in [0.5, 0.6) is 0 Å². The SMILES string of the molecule is CCOC(=O)C1CNCCN1CC(=O)NCCOC. The van der Waals surface area contributed by atoms with Crippen LogP contribution in [-0.2, 0) is 19.1 Å². The summed E-state index contributed by atoms with van der Waals surface area (Å²) in [7, 11) is 1.58. The zero-order chi connectivity index (χ0) is 14.1. The minimum atomic E-state index is -0.387. The minimum Gasteiger partial charge on any atom is -0.465 e. The molecule has 0 radical (unpaired) electrons. The molecule has 7 nitrogen and oxygen atoms in total. The van der Waals surface area contributed by atoms with Gasteiger partial charge in [-0.25, -0.2) is 0 Å². The molecule has 1 atom stereocenters. The predicted molar refractivity (Wildman–Crippen MR) is 69.7 cm³/mol. The Kier molecular flexibility index (Phi) is 7.39. The molecule has 19 heavy (non-hydrogen) atoms. The number of ether oxygens (including phenoxy) is 2. The lowest BCUT2D eigenvalue weighted by Gasteiger charge is -2.33. The maximum Gasteiger partial charge on any atom is 0.324 e. The second kappa shape index (κ2) is 8.84. The van der Waals surface area contributed by atoms with Gasteiger partial charge in [0.25, 0.3) is 0 Å². The molecule has 1 rings (SSSR count). The summed E-state index contributed by atoms with van der Waals surface area (Å²) in [6, 6.07) is -0.387. The third-order valence-corrected chi connectivity index (χ3v) is 2.89. The third-order valence-electron chi connectivity index (χ3n) is 2.89. The van der Waals surface area contributed by atoms with E-state index in [2.05, 4.69) is 10.6 Å². The van der Waals surface area contributed by atoms with Gasteiger partial charge in [0.15, 0.2) is 0 Å². The lowest BCUT2D eigenvalue weighted by molar-refractivity contribution is -0.150. The molecule has 1 aliphatic heterocycles. The molecule has 1 unspecified atom stereocenters. The Morgan fingerprint density at radius 3 is 2.95 bits per heavy atom. The number of esters is 1.